The van der Waals surface area contributed by atoms with E-state index in [1.165, 1.54) is 11.1 Å². The summed E-state index contributed by atoms with van der Waals surface area (Å²) in [6.45, 7) is 5.12. The molecule has 1 unspecified atom stereocenters. The molecule has 1 N–H and O–H groups in total. The van der Waals surface area contributed by atoms with Crippen LogP contribution >= 0.6 is 0 Å². The second-order valence-electron chi connectivity index (χ2n) is 4.10. The predicted molar refractivity (Wildman–Crippen MR) is 72.2 cm³/mol. The van der Waals surface area contributed by atoms with Gasteiger partial charge in [0.15, 0.2) is 0 Å². The fourth-order valence-corrected chi connectivity index (χ4v) is 1.97. The highest BCUT2D eigenvalue weighted by atomic mass is 16.5. The number of aryl methyl sites for hydroxylation is 1. The Bertz CT molecular complexity index is 392. The van der Waals surface area contributed by atoms with E-state index in [-0.39, 0.29) is 6.04 Å². The van der Waals surface area contributed by atoms with Gasteiger partial charge in [0.25, 0.3) is 0 Å². The molecule has 0 aliphatic rings. The molecule has 2 heteroatoms. The van der Waals surface area contributed by atoms with Gasteiger partial charge in [0.05, 0.1) is 7.11 Å². The van der Waals surface area contributed by atoms with Crippen molar-refractivity contribution in [1.82, 2.24) is 5.32 Å². The van der Waals surface area contributed by atoms with Gasteiger partial charge in [0, 0.05) is 18.0 Å². The lowest BCUT2D eigenvalue weighted by Gasteiger charge is -2.20. The highest BCUT2D eigenvalue weighted by molar-refractivity contribution is 5.39. The third kappa shape index (κ3) is 3.80. The zero-order valence-corrected chi connectivity index (χ0v) is 10.9. The Labute approximate surface area is 104 Å². The molecule has 0 spiro atoms. The highest BCUT2D eigenvalue weighted by Gasteiger charge is 2.14. The van der Waals surface area contributed by atoms with E-state index in [1.54, 1.807) is 7.11 Å². The number of nitrogens with one attached hydrogen (secondary N) is 1. The summed E-state index contributed by atoms with van der Waals surface area (Å²) in [4.78, 5) is 0. The molecule has 0 saturated heterocycles. The summed E-state index contributed by atoms with van der Waals surface area (Å²) in [5.41, 5.74) is 2.44. The molecule has 1 atom stereocenters. The van der Waals surface area contributed by atoms with Crippen molar-refractivity contribution in [3.8, 4) is 18.1 Å². The second kappa shape index (κ2) is 6.98. The summed E-state index contributed by atoms with van der Waals surface area (Å²) in [5, 5.41) is 3.46. The van der Waals surface area contributed by atoms with Gasteiger partial charge in [-0.2, -0.15) is 0 Å². The van der Waals surface area contributed by atoms with E-state index < -0.39 is 0 Å². The fourth-order valence-electron chi connectivity index (χ4n) is 1.97. The average molecular weight is 231 g/mol. The monoisotopic (exact) mass is 231 g/mol. The number of hydrogen-bond acceptors (Lipinski definition) is 2. The van der Waals surface area contributed by atoms with E-state index in [1.807, 2.05) is 6.07 Å². The zero-order chi connectivity index (χ0) is 12.7. The summed E-state index contributed by atoms with van der Waals surface area (Å²) >= 11 is 0. The average Bonchev–Trinajstić information content (AvgIpc) is 2.34. The summed E-state index contributed by atoms with van der Waals surface area (Å²) in [7, 11) is 1.71. The summed E-state index contributed by atoms with van der Waals surface area (Å²) in [6.07, 6.45) is 7.05. The Kier molecular flexibility index (Phi) is 5.59. The summed E-state index contributed by atoms with van der Waals surface area (Å²) in [5.74, 6) is 3.63. The second-order valence-corrected chi connectivity index (χ2v) is 4.10. The Morgan fingerprint density at radius 1 is 1.47 bits per heavy atom. The smallest absolute Gasteiger partial charge is 0.123 e. The van der Waals surface area contributed by atoms with Crippen LogP contribution in [0.15, 0.2) is 18.2 Å². The standard InChI is InChI=1S/C15H21NO/c1-5-7-8-14(16-6-2)13-11-12(3)9-10-15(13)17-4/h1,9-11,14,16H,6-8H2,2-4H3. The maximum Gasteiger partial charge on any atom is 0.123 e. The third-order valence-corrected chi connectivity index (χ3v) is 2.79. The predicted octanol–water partition coefficient (Wildman–Crippen LogP) is 3.07. The van der Waals surface area contributed by atoms with E-state index >= 15 is 0 Å². The number of ether oxygens (including phenoxy) is 1. The zero-order valence-electron chi connectivity index (χ0n) is 10.9. The molecule has 0 fully saturated rings. The van der Waals surface area contributed by atoms with Crippen LogP contribution in [0.3, 0.4) is 0 Å². The lowest BCUT2D eigenvalue weighted by Crippen LogP contribution is -2.21. The van der Waals surface area contributed by atoms with Gasteiger partial charge in [-0.15, -0.1) is 12.3 Å². The molecule has 0 bridgehead atoms. The normalized spacial score (nSPS) is 11.9. The molecule has 1 rings (SSSR count). The minimum Gasteiger partial charge on any atom is -0.496 e. The van der Waals surface area contributed by atoms with Gasteiger partial charge in [0.2, 0.25) is 0 Å². The molecule has 0 amide bonds. The van der Waals surface area contributed by atoms with Gasteiger partial charge >= 0.3 is 0 Å². The van der Waals surface area contributed by atoms with E-state index in [2.05, 4.69) is 37.2 Å². The van der Waals surface area contributed by atoms with Gasteiger partial charge < -0.3 is 10.1 Å². The SMILES string of the molecule is C#CCCC(NCC)c1cc(C)ccc1OC. The number of rotatable bonds is 6. The maximum absolute atomic E-state index is 5.42. The van der Waals surface area contributed by atoms with Gasteiger partial charge in [-0.25, -0.2) is 0 Å². The van der Waals surface area contributed by atoms with Gasteiger partial charge in [-0.05, 0) is 26.0 Å². The van der Waals surface area contributed by atoms with Crippen molar-refractivity contribution in [2.24, 2.45) is 0 Å². The number of terminal acetylenes is 1. The highest BCUT2D eigenvalue weighted by Crippen LogP contribution is 2.28. The van der Waals surface area contributed by atoms with Crippen molar-refractivity contribution in [3.05, 3.63) is 29.3 Å². The van der Waals surface area contributed by atoms with Crippen LogP contribution in [-0.4, -0.2) is 13.7 Å². The van der Waals surface area contributed by atoms with Gasteiger partial charge in [-0.1, -0.05) is 24.6 Å². The summed E-state index contributed by atoms with van der Waals surface area (Å²) < 4.78 is 5.42. The van der Waals surface area contributed by atoms with Crippen LogP contribution in [0.4, 0.5) is 0 Å². The molecule has 2 nitrogen and oxygen atoms in total. The molecular weight excluding hydrogens is 210 g/mol. The van der Waals surface area contributed by atoms with Crippen LogP contribution in [-0.2, 0) is 0 Å². The minimum atomic E-state index is 0.269. The number of methoxy groups -OCH3 is 1. The Morgan fingerprint density at radius 2 is 2.24 bits per heavy atom. The van der Waals surface area contributed by atoms with Crippen LogP contribution < -0.4 is 10.1 Å². The fraction of sp³-hybridized carbons (Fsp3) is 0.467. The quantitative estimate of drug-likeness (QED) is 0.760. The molecule has 1 aromatic rings. The lowest BCUT2D eigenvalue weighted by molar-refractivity contribution is 0.396. The van der Waals surface area contributed by atoms with Crippen molar-refractivity contribution < 1.29 is 4.74 Å². The van der Waals surface area contributed by atoms with Crippen LogP contribution in [0, 0.1) is 19.3 Å². The first-order valence-corrected chi connectivity index (χ1v) is 6.04. The summed E-state index contributed by atoms with van der Waals surface area (Å²) in [6, 6.07) is 6.52. The van der Waals surface area contributed by atoms with Crippen LogP contribution in [0.25, 0.3) is 0 Å². The van der Waals surface area contributed by atoms with Crippen molar-refractivity contribution in [3.63, 3.8) is 0 Å². The van der Waals surface area contributed by atoms with E-state index in [4.69, 9.17) is 11.2 Å². The molecule has 1 aromatic carbocycles. The first kappa shape index (κ1) is 13.6. The van der Waals surface area contributed by atoms with Crippen molar-refractivity contribution in [2.45, 2.75) is 32.7 Å². The van der Waals surface area contributed by atoms with Crippen molar-refractivity contribution in [2.75, 3.05) is 13.7 Å². The van der Waals surface area contributed by atoms with Crippen molar-refractivity contribution >= 4 is 0 Å². The molecule has 0 aliphatic carbocycles. The molecule has 0 aromatic heterocycles. The maximum atomic E-state index is 5.42. The van der Waals surface area contributed by atoms with Crippen LogP contribution in [0.2, 0.25) is 0 Å². The van der Waals surface area contributed by atoms with E-state index in [9.17, 15) is 0 Å². The first-order valence-electron chi connectivity index (χ1n) is 6.04. The van der Waals surface area contributed by atoms with Gasteiger partial charge in [-0.3, -0.25) is 0 Å². The van der Waals surface area contributed by atoms with E-state index in [0.29, 0.717) is 0 Å². The Morgan fingerprint density at radius 3 is 2.82 bits per heavy atom. The third-order valence-electron chi connectivity index (χ3n) is 2.79. The number of benzene rings is 1. The van der Waals surface area contributed by atoms with Crippen molar-refractivity contribution in [1.29, 1.82) is 0 Å². The molecule has 0 saturated carbocycles. The Balaban J connectivity index is 2.98. The van der Waals surface area contributed by atoms with Crippen LogP contribution in [0.1, 0.15) is 36.9 Å². The lowest BCUT2D eigenvalue weighted by atomic mass is 9.99. The molecule has 0 aliphatic heterocycles. The molecule has 0 heterocycles. The largest absolute Gasteiger partial charge is 0.496 e. The van der Waals surface area contributed by atoms with Crippen LogP contribution in [0.5, 0.6) is 5.75 Å². The minimum absolute atomic E-state index is 0.269. The topological polar surface area (TPSA) is 21.3 Å². The van der Waals surface area contributed by atoms with E-state index in [0.717, 1.165) is 25.1 Å². The first-order chi connectivity index (χ1) is 8.22. The molecule has 0 radical (unpaired) electrons. The molecule has 92 valence electrons. The number of hydrogen-bond donors (Lipinski definition) is 1. The molecule has 17 heavy (non-hydrogen) atoms. The Hall–Kier alpha value is -1.46. The molecular formula is C15H21NO. The van der Waals surface area contributed by atoms with Gasteiger partial charge in [0.1, 0.15) is 5.75 Å².